The average molecular weight is 708 g/mol. The molecule has 0 unspecified atom stereocenters. The van der Waals surface area contributed by atoms with Gasteiger partial charge in [-0.25, -0.2) is 24.9 Å². The number of methoxy groups -OCH3 is 1. The van der Waals surface area contributed by atoms with Gasteiger partial charge in [0.25, 0.3) is 0 Å². The first-order chi connectivity index (χ1) is 23.2. The molecule has 1 atom stereocenters. The van der Waals surface area contributed by atoms with Crippen molar-refractivity contribution in [1.82, 2.24) is 34.8 Å². The Hall–Kier alpha value is -3.57. The summed E-state index contributed by atoms with van der Waals surface area (Å²) < 4.78 is 52.3. The molecule has 4 aromatic rings. The number of halogens is 3. The Bertz CT molecular complexity index is 1770. The van der Waals surface area contributed by atoms with Crippen molar-refractivity contribution in [1.29, 1.82) is 0 Å². The van der Waals surface area contributed by atoms with Gasteiger partial charge in [0.2, 0.25) is 5.88 Å². The number of imidazole rings is 1. The van der Waals surface area contributed by atoms with Gasteiger partial charge in [0.05, 0.1) is 37.0 Å². The molecule has 4 aromatic heterocycles. The molecule has 0 spiro atoms. The van der Waals surface area contributed by atoms with E-state index < -0.39 is 17.8 Å². The minimum atomic E-state index is -4.69. The van der Waals surface area contributed by atoms with Crippen LogP contribution in [0.4, 0.5) is 24.7 Å². The van der Waals surface area contributed by atoms with Crippen LogP contribution < -0.4 is 49.2 Å². The van der Waals surface area contributed by atoms with Crippen molar-refractivity contribution in [3.05, 3.63) is 36.3 Å². The molecular formula is C33H41F3N9NaO4. The van der Waals surface area contributed by atoms with Gasteiger partial charge in [-0.2, -0.15) is 13.2 Å². The van der Waals surface area contributed by atoms with Gasteiger partial charge in [-0.3, -0.25) is 4.90 Å². The normalized spacial score (nSPS) is 15.6. The van der Waals surface area contributed by atoms with E-state index in [9.17, 15) is 23.1 Å². The quantitative estimate of drug-likeness (QED) is 0.195. The Morgan fingerprint density at radius 2 is 1.86 bits per heavy atom. The summed E-state index contributed by atoms with van der Waals surface area (Å²) in [6, 6.07) is 4.23. The standard InChI is InChI=1S/C33H42F3N9O4.Na/c1-7-49-27-13-21(12-25(40-27)33(34,35)36)22-14-24(43(5)18-32(3,4)19-48-6)29-31(39-22)42-30(41-29)23-15-38-26(16-37-23)45-11-10-44(20(2)17-45)9-8-28(46)47;/h12-16,20H,7-11,17-19H2,1-6H3,(H,46,47)(H,39,41,42);/q;+1/p-1/t20-;/m1./s1. The molecule has 5 rings (SSSR count). The van der Waals surface area contributed by atoms with E-state index in [2.05, 4.69) is 48.6 Å². The van der Waals surface area contributed by atoms with Crippen molar-refractivity contribution >= 4 is 28.6 Å². The molecule has 1 saturated heterocycles. The number of carboxylic acid groups (broad SMARTS) is 1. The van der Waals surface area contributed by atoms with E-state index in [0.717, 1.165) is 6.07 Å². The zero-order valence-corrected chi connectivity index (χ0v) is 31.5. The minimum absolute atomic E-state index is 0. The Labute approximate surface area is 310 Å². The van der Waals surface area contributed by atoms with Crippen LogP contribution in [0, 0.1) is 5.41 Å². The number of carboxylic acids is 1. The molecule has 50 heavy (non-hydrogen) atoms. The maximum atomic E-state index is 13.8. The van der Waals surface area contributed by atoms with E-state index in [4.69, 9.17) is 14.5 Å². The van der Waals surface area contributed by atoms with E-state index in [0.29, 0.717) is 67.9 Å². The first kappa shape index (κ1) is 39.2. The van der Waals surface area contributed by atoms with Gasteiger partial charge >= 0.3 is 35.7 Å². The van der Waals surface area contributed by atoms with Crippen molar-refractivity contribution in [3.8, 4) is 28.7 Å². The average Bonchev–Trinajstić information content (AvgIpc) is 3.47. The molecule has 1 fully saturated rings. The number of hydrogen-bond donors (Lipinski definition) is 1. The molecule has 1 N–H and O–H groups in total. The fraction of sp³-hybridized carbons (Fsp3) is 0.515. The van der Waals surface area contributed by atoms with Crippen LogP contribution >= 0.6 is 0 Å². The van der Waals surface area contributed by atoms with E-state index in [1.807, 2.05) is 18.9 Å². The third kappa shape index (κ3) is 9.40. The molecule has 264 valence electrons. The second-order valence-electron chi connectivity index (χ2n) is 13.0. The van der Waals surface area contributed by atoms with E-state index in [1.54, 1.807) is 32.5 Å². The number of H-pyrrole nitrogens is 1. The summed E-state index contributed by atoms with van der Waals surface area (Å²) in [5, 5.41) is 10.9. The van der Waals surface area contributed by atoms with Gasteiger partial charge in [-0.05, 0) is 32.4 Å². The van der Waals surface area contributed by atoms with Crippen LogP contribution in [0.15, 0.2) is 30.6 Å². The SMILES string of the molecule is CCOc1cc(-c2cc(N(C)CC(C)(C)COC)c3[nH]c(-c4cnc(N5CCN(CCC(=O)[O-])[C@H](C)C5)cn4)nc3n2)cc(C(F)(F)F)n1.[Na+]. The summed E-state index contributed by atoms with van der Waals surface area (Å²) in [7, 11) is 3.53. The summed E-state index contributed by atoms with van der Waals surface area (Å²) >= 11 is 0. The summed E-state index contributed by atoms with van der Waals surface area (Å²) in [5.41, 5.74) is 1.09. The number of aromatic nitrogens is 6. The van der Waals surface area contributed by atoms with Crippen molar-refractivity contribution in [2.45, 2.75) is 46.3 Å². The number of hydrogen-bond acceptors (Lipinski definition) is 12. The molecule has 1 aliphatic rings. The molecular weight excluding hydrogens is 666 g/mol. The molecule has 0 aromatic carbocycles. The zero-order valence-electron chi connectivity index (χ0n) is 29.5. The minimum Gasteiger partial charge on any atom is -0.550 e. The number of piperazine rings is 1. The maximum Gasteiger partial charge on any atom is 1.00 e. The molecule has 13 nitrogen and oxygen atoms in total. The molecule has 5 heterocycles. The molecule has 0 radical (unpaired) electrons. The number of fused-ring (bicyclic) bond motifs is 1. The largest absolute Gasteiger partial charge is 1.00 e. The van der Waals surface area contributed by atoms with Gasteiger partial charge in [0.1, 0.15) is 22.7 Å². The van der Waals surface area contributed by atoms with Crippen molar-refractivity contribution in [3.63, 3.8) is 0 Å². The predicted molar refractivity (Wildman–Crippen MR) is 176 cm³/mol. The van der Waals surface area contributed by atoms with Crippen molar-refractivity contribution < 1.29 is 62.1 Å². The Morgan fingerprint density at radius 1 is 1.10 bits per heavy atom. The second kappa shape index (κ2) is 16.2. The third-order valence-corrected chi connectivity index (χ3v) is 8.31. The maximum absolute atomic E-state index is 13.8. The number of alkyl halides is 3. The number of aliphatic carboxylic acids is 1. The summed E-state index contributed by atoms with van der Waals surface area (Å²) in [5.74, 6) is -0.149. The van der Waals surface area contributed by atoms with Crippen LogP contribution in [0.25, 0.3) is 33.9 Å². The molecule has 0 saturated carbocycles. The number of carbonyl (C=O) groups is 1. The number of aromatic amines is 1. The number of anilines is 2. The fourth-order valence-corrected chi connectivity index (χ4v) is 6.10. The zero-order chi connectivity index (χ0) is 35.5. The Kier molecular flexibility index (Phi) is 12.7. The van der Waals surface area contributed by atoms with Crippen molar-refractivity contribution in [2.24, 2.45) is 5.41 Å². The van der Waals surface area contributed by atoms with Crippen LogP contribution in [-0.4, -0.2) is 107 Å². The molecule has 0 amide bonds. The van der Waals surface area contributed by atoms with Gasteiger partial charge < -0.3 is 34.2 Å². The molecule has 17 heteroatoms. The van der Waals surface area contributed by atoms with Crippen LogP contribution in [-0.2, 0) is 15.7 Å². The van der Waals surface area contributed by atoms with E-state index >= 15 is 0 Å². The third-order valence-electron chi connectivity index (χ3n) is 8.31. The van der Waals surface area contributed by atoms with E-state index in [1.165, 1.54) is 6.07 Å². The molecule has 1 aliphatic heterocycles. The van der Waals surface area contributed by atoms with Crippen LogP contribution in [0.3, 0.4) is 0 Å². The number of nitrogens with one attached hydrogen (secondary N) is 1. The second-order valence-corrected chi connectivity index (χ2v) is 13.0. The van der Waals surface area contributed by atoms with Gasteiger partial charge in [0.15, 0.2) is 11.5 Å². The number of carbonyl (C=O) groups excluding carboxylic acids is 1. The monoisotopic (exact) mass is 707 g/mol. The number of rotatable bonds is 13. The van der Waals surface area contributed by atoms with Gasteiger partial charge in [0, 0.05) is 75.9 Å². The number of ether oxygens (including phenoxy) is 2. The van der Waals surface area contributed by atoms with Crippen LogP contribution in [0.2, 0.25) is 0 Å². The smallest absolute Gasteiger partial charge is 0.550 e. The summed E-state index contributed by atoms with van der Waals surface area (Å²) in [6.45, 7) is 11.4. The molecule has 0 aliphatic carbocycles. The summed E-state index contributed by atoms with van der Waals surface area (Å²) in [6.07, 6.45) is -1.43. The fourth-order valence-electron chi connectivity index (χ4n) is 6.10. The molecule has 0 bridgehead atoms. The van der Waals surface area contributed by atoms with Gasteiger partial charge in [-0.1, -0.05) is 13.8 Å². The topological polar surface area (TPSA) is 149 Å². The van der Waals surface area contributed by atoms with Gasteiger partial charge in [-0.15, -0.1) is 0 Å². The van der Waals surface area contributed by atoms with Crippen LogP contribution in [0.1, 0.15) is 39.8 Å². The number of nitrogens with zero attached hydrogens (tertiary/aromatic N) is 8. The predicted octanol–water partition coefficient (Wildman–Crippen LogP) is 0.658. The Balaban J connectivity index is 0.00000562. The summed E-state index contributed by atoms with van der Waals surface area (Å²) in [4.78, 5) is 42.7. The Morgan fingerprint density at radius 3 is 2.48 bits per heavy atom. The van der Waals surface area contributed by atoms with E-state index in [-0.39, 0.29) is 76.8 Å². The van der Waals surface area contributed by atoms with Crippen molar-refractivity contribution in [2.75, 3.05) is 69.9 Å². The van der Waals surface area contributed by atoms with Crippen LogP contribution in [0.5, 0.6) is 5.88 Å². The first-order valence-corrected chi connectivity index (χ1v) is 16.0. The number of pyridine rings is 2. The first-order valence-electron chi connectivity index (χ1n) is 16.0.